The topological polar surface area (TPSA) is 101 Å². The fourth-order valence-electron chi connectivity index (χ4n) is 2.40. The molecule has 0 atom stereocenters. The molecule has 0 saturated carbocycles. The zero-order chi connectivity index (χ0) is 20.7. The molecule has 3 aromatic rings. The summed E-state index contributed by atoms with van der Waals surface area (Å²) in [6.07, 6.45) is 1.83. The fourth-order valence-corrected chi connectivity index (χ4v) is 4.22. The van der Waals surface area contributed by atoms with Crippen molar-refractivity contribution in [3.63, 3.8) is 0 Å². The van der Waals surface area contributed by atoms with Gasteiger partial charge in [-0.25, -0.2) is 23.1 Å². The van der Waals surface area contributed by atoms with E-state index >= 15 is 0 Å². The van der Waals surface area contributed by atoms with Crippen molar-refractivity contribution in [1.82, 2.24) is 9.97 Å². The smallest absolute Gasteiger partial charge is 0.264 e. The first-order valence-electron chi connectivity index (χ1n) is 8.83. The summed E-state index contributed by atoms with van der Waals surface area (Å²) in [4.78, 5) is 21.2. The van der Waals surface area contributed by atoms with Crippen molar-refractivity contribution < 1.29 is 13.2 Å². The quantitative estimate of drug-likeness (QED) is 0.531. The van der Waals surface area contributed by atoms with E-state index < -0.39 is 10.0 Å². The van der Waals surface area contributed by atoms with Gasteiger partial charge in [-0.2, -0.15) is 0 Å². The number of nitrogens with one attached hydrogen (secondary N) is 2. The largest absolute Gasteiger partial charge is 0.326 e. The second kappa shape index (κ2) is 9.53. The number of aryl methyl sites for hydroxylation is 1. The van der Waals surface area contributed by atoms with E-state index in [2.05, 4.69) is 20.0 Å². The van der Waals surface area contributed by atoms with Gasteiger partial charge < -0.3 is 5.32 Å². The van der Waals surface area contributed by atoms with Gasteiger partial charge in [-0.1, -0.05) is 18.2 Å². The monoisotopic (exact) mass is 428 g/mol. The van der Waals surface area contributed by atoms with E-state index in [0.717, 1.165) is 4.90 Å². The van der Waals surface area contributed by atoms with Gasteiger partial charge in [0.2, 0.25) is 11.9 Å². The number of benzene rings is 2. The molecule has 2 aromatic carbocycles. The predicted molar refractivity (Wildman–Crippen MR) is 114 cm³/mol. The van der Waals surface area contributed by atoms with Crippen LogP contribution in [0.4, 0.5) is 11.6 Å². The molecule has 0 aliphatic carbocycles. The number of hydrogen-bond donors (Lipinski definition) is 2. The Kier molecular flexibility index (Phi) is 6.84. The summed E-state index contributed by atoms with van der Waals surface area (Å²) in [7, 11) is -3.81. The highest BCUT2D eigenvalue weighted by atomic mass is 32.2. The summed E-state index contributed by atoms with van der Waals surface area (Å²) >= 11 is 1.61. The summed E-state index contributed by atoms with van der Waals surface area (Å²) in [6, 6.07) is 17.5. The number of thioether (sulfide) groups is 1. The highest BCUT2D eigenvalue weighted by molar-refractivity contribution is 7.99. The molecule has 1 heterocycles. The van der Waals surface area contributed by atoms with Crippen LogP contribution in [-0.2, 0) is 14.8 Å². The summed E-state index contributed by atoms with van der Waals surface area (Å²) in [5.41, 5.74) is 1.19. The van der Waals surface area contributed by atoms with Gasteiger partial charge >= 0.3 is 0 Å². The molecule has 0 spiro atoms. The summed E-state index contributed by atoms with van der Waals surface area (Å²) in [5, 5.41) is 2.77. The zero-order valence-corrected chi connectivity index (χ0v) is 17.3. The second-order valence-corrected chi connectivity index (χ2v) is 8.96. The van der Waals surface area contributed by atoms with E-state index in [1.807, 2.05) is 30.3 Å². The third-order valence-corrected chi connectivity index (χ3v) is 6.17. The zero-order valence-electron chi connectivity index (χ0n) is 15.7. The Morgan fingerprint density at radius 1 is 1.03 bits per heavy atom. The van der Waals surface area contributed by atoms with Crippen LogP contribution in [0.15, 0.2) is 76.7 Å². The number of amides is 1. The number of aromatic nitrogens is 2. The second-order valence-electron chi connectivity index (χ2n) is 6.11. The van der Waals surface area contributed by atoms with Crippen LogP contribution >= 0.6 is 11.8 Å². The van der Waals surface area contributed by atoms with Gasteiger partial charge in [-0.15, -0.1) is 11.8 Å². The lowest BCUT2D eigenvalue weighted by Gasteiger charge is -2.09. The Labute approximate surface area is 174 Å². The molecule has 1 aromatic heterocycles. The van der Waals surface area contributed by atoms with E-state index in [9.17, 15) is 13.2 Å². The van der Waals surface area contributed by atoms with Crippen LogP contribution in [0.2, 0.25) is 0 Å². The molecule has 2 N–H and O–H groups in total. The lowest BCUT2D eigenvalue weighted by molar-refractivity contribution is -0.115. The highest BCUT2D eigenvalue weighted by Gasteiger charge is 2.16. The molecule has 7 nitrogen and oxygen atoms in total. The maximum atomic E-state index is 12.4. The standard InChI is InChI=1S/C20H20N4O3S2/c1-15-11-13-21-20(22-15)24-29(26,27)18-9-7-16(8-10-18)23-19(25)12-14-28-17-5-3-2-4-6-17/h2-11,13H,12,14H2,1H3,(H,23,25)(H,21,22,24). The van der Waals surface area contributed by atoms with E-state index in [-0.39, 0.29) is 16.8 Å². The Balaban J connectivity index is 1.54. The summed E-state index contributed by atoms with van der Waals surface area (Å²) in [5.74, 6) is 0.538. The molecule has 0 aliphatic rings. The number of rotatable bonds is 8. The van der Waals surface area contributed by atoms with E-state index in [1.54, 1.807) is 36.9 Å². The first-order chi connectivity index (χ1) is 13.9. The molecule has 0 fully saturated rings. The van der Waals surface area contributed by atoms with Crippen molar-refractivity contribution in [3.8, 4) is 0 Å². The Hall–Kier alpha value is -2.91. The number of carbonyl (C=O) groups is 1. The molecule has 0 saturated heterocycles. The summed E-state index contributed by atoms with van der Waals surface area (Å²) in [6.45, 7) is 1.75. The van der Waals surface area contributed by atoms with Crippen LogP contribution in [0.25, 0.3) is 0 Å². The molecule has 0 bridgehead atoms. The fraction of sp³-hybridized carbons (Fsp3) is 0.150. The number of nitrogens with zero attached hydrogens (tertiary/aromatic N) is 2. The average Bonchev–Trinajstić information content (AvgIpc) is 2.69. The average molecular weight is 429 g/mol. The third kappa shape index (κ3) is 6.30. The van der Waals surface area contributed by atoms with Gasteiger partial charge in [0.25, 0.3) is 10.0 Å². The van der Waals surface area contributed by atoms with Gasteiger partial charge in [0.15, 0.2) is 0 Å². The minimum absolute atomic E-state index is 0.0123. The van der Waals surface area contributed by atoms with Crippen molar-refractivity contribution >= 4 is 39.3 Å². The molecule has 0 radical (unpaired) electrons. The SMILES string of the molecule is Cc1ccnc(NS(=O)(=O)c2ccc(NC(=O)CCSc3ccccc3)cc2)n1. The van der Waals surface area contributed by atoms with E-state index in [1.165, 1.54) is 18.3 Å². The number of sulfonamides is 1. The molecular weight excluding hydrogens is 408 g/mol. The Morgan fingerprint density at radius 2 is 1.76 bits per heavy atom. The third-order valence-electron chi connectivity index (χ3n) is 3.81. The predicted octanol–water partition coefficient (Wildman–Crippen LogP) is 3.71. The maximum Gasteiger partial charge on any atom is 0.264 e. The normalized spacial score (nSPS) is 11.1. The number of carbonyl (C=O) groups excluding carboxylic acids is 1. The van der Waals surface area contributed by atoms with Gasteiger partial charge in [0.05, 0.1) is 4.90 Å². The van der Waals surface area contributed by atoms with Gasteiger partial charge in [0.1, 0.15) is 0 Å². The number of hydrogen-bond acceptors (Lipinski definition) is 6. The first-order valence-corrected chi connectivity index (χ1v) is 11.3. The molecule has 29 heavy (non-hydrogen) atoms. The Bertz CT molecular complexity index is 1070. The van der Waals surface area contributed by atoms with Crippen molar-refractivity contribution in [3.05, 3.63) is 72.6 Å². The minimum atomic E-state index is -3.81. The molecule has 0 unspecified atom stereocenters. The molecule has 9 heteroatoms. The van der Waals surface area contributed by atoms with Crippen LogP contribution in [-0.4, -0.2) is 30.0 Å². The first kappa shape index (κ1) is 20.8. The van der Waals surface area contributed by atoms with Gasteiger partial charge in [-0.3, -0.25) is 4.79 Å². The minimum Gasteiger partial charge on any atom is -0.326 e. The molecule has 3 rings (SSSR count). The van der Waals surface area contributed by atoms with Gasteiger partial charge in [-0.05, 0) is 49.4 Å². The van der Waals surface area contributed by atoms with Crippen molar-refractivity contribution in [2.75, 3.05) is 15.8 Å². The van der Waals surface area contributed by atoms with Crippen LogP contribution in [0.5, 0.6) is 0 Å². The van der Waals surface area contributed by atoms with E-state index in [0.29, 0.717) is 23.6 Å². The highest BCUT2D eigenvalue weighted by Crippen LogP contribution is 2.19. The number of anilines is 2. The molecule has 1 amide bonds. The molecule has 150 valence electrons. The lowest BCUT2D eigenvalue weighted by atomic mass is 10.3. The Morgan fingerprint density at radius 3 is 2.45 bits per heavy atom. The van der Waals surface area contributed by atoms with Crippen molar-refractivity contribution in [2.45, 2.75) is 23.1 Å². The van der Waals surface area contributed by atoms with Gasteiger partial charge in [0, 0.05) is 34.6 Å². The van der Waals surface area contributed by atoms with Crippen LogP contribution < -0.4 is 10.0 Å². The van der Waals surface area contributed by atoms with Crippen LogP contribution in [0.3, 0.4) is 0 Å². The van der Waals surface area contributed by atoms with Crippen molar-refractivity contribution in [2.24, 2.45) is 0 Å². The van der Waals surface area contributed by atoms with Crippen LogP contribution in [0.1, 0.15) is 12.1 Å². The lowest BCUT2D eigenvalue weighted by Crippen LogP contribution is -2.16. The molecular formula is C20H20N4O3S2. The summed E-state index contributed by atoms with van der Waals surface area (Å²) < 4.78 is 27.2. The maximum absolute atomic E-state index is 12.4. The van der Waals surface area contributed by atoms with Crippen molar-refractivity contribution in [1.29, 1.82) is 0 Å². The van der Waals surface area contributed by atoms with E-state index in [4.69, 9.17) is 0 Å². The molecule has 0 aliphatic heterocycles. The van der Waals surface area contributed by atoms with Crippen LogP contribution in [0, 0.1) is 6.92 Å².